The van der Waals surface area contributed by atoms with Crippen LogP contribution in [0.25, 0.3) is 0 Å². The predicted molar refractivity (Wildman–Crippen MR) is 139 cm³/mol. The van der Waals surface area contributed by atoms with Crippen molar-refractivity contribution in [2.75, 3.05) is 10.0 Å². The van der Waals surface area contributed by atoms with Crippen molar-refractivity contribution in [3.05, 3.63) is 119 Å². The molecule has 35 heavy (non-hydrogen) atoms. The van der Waals surface area contributed by atoms with Crippen molar-refractivity contribution in [2.45, 2.75) is 32.1 Å². The molecule has 3 aromatic carbocycles. The maximum Gasteiger partial charge on any atom is 0.262 e. The van der Waals surface area contributed by atoms with Crippen LogP contribution < -0.4 is 10.0 Å². The van der Waals surface area contributed by atoms with Crippen molar-refractivity contribution < 1.29 is 13.2 Å². The first-order valence-electron chi connectivity index (χ1n) is 11.2. The molecule has 7 heteroatoms. The third-order valence-electron chi connectivity index (χ3n) is 5.96. The van der Waals surface area contributed by atoms with Crippen LogP contribution in [0, 0.1) is 20.8 Å². The predicted octanol–water partition coefficient (Wildman–Crippen LogP) is 5.65. The zero-order valence-corrected chi connectivity index (χ0v) is 20.7. The summed E-state index contributed by atoms with van der Waals surface area (Å²) in [5.74, 6) is -0.380. The number of benzene rings is 3. The number of carbonyl (C=O) groups excluding carboxylic acids is 1. The number of amides is 1. The summed E-state index contributed by atoms with van der Waals surface area (Å²) in [5, 5.41) is 2.85. The Bertz CT molecular complexity index is 1470. The SMILES string of the molecule is Cc1ccc(C(=O)Nc2ccc(Cc3ccncc3)cc2)cc1S(=O)(=O)Nc1cccc(C)c1C. The van der Waals surface area contributed by atoms with Gasteiger partial charge in [0.25, 0.3) is 15.9 Å². The summed E-state index contributed by atoms with van der Waals surface area (Å²) in [6.07, 6.45) is 4.29. The highest BCUT2D eigenvalue weighted by atomic mass is 32.2. The molecule has 4 aromatic rings. The minimum absolute atomic E-state index is 0.0683. The number of carbonyl (C=O) groups is 1. The lowest BCUT2D eigenvalue weighted by Gasteiger charge is -2.14. The van der Waals surface area contributed by atoms with Crippen molar-refractivity contribution in [1.82, 2.24) is 4.98 Å². The molecule has 0 aliphatic carbocycles. The van der Waals surface area contributed by atoms with E-state index in [2.05, 4.69) is 15.0 Å². The van der Waals surface area contributed by atoms with Gasteiger partial charge in [0.2, 0.25) is 0 Å². The molecular weight excluding hydrogens is 458 g/mol. The third kappa shape index (κ3) is 5.75. The minimum Gasteiger partial charge on any atom is -0.322 e. The molecule has 0 aliphatic rings. The number of hydrogen-bond acceptors (Lipinski definition) is 4. The molecule has 0 atom stereocenters. The summed E-state index contributed by atoms with van der Waals surface area (Å²) in [5.41, 5.74) is 6.07. The first-order valence-corrected chi connectivity index (χ1v) is 12.7. The molecule has 2 N–H and O–H groups in total. The van der Waals surface area contributed by atoms with E-state index in [1.807, 2.05) is 56.3 Å². The maximum absolute atomic E-state index is 13.2. The number of hydrogen-bond donors (Lipinski definition) is 2. The molecule has 178 valence electrons. The molecule has 1 amide bonds. The number of rotatable bonds is 7. The molecule has 0 aliphatic heterocycles. The molecular formula is C28H27N3O3S. The van der Waals surface area contributed by atoms with Crippen molar-refractivity contribution >= 4 is 27.3 Å². The fraction of sp³-hybridized carbons (Fsp3) is 0.143. The fourth-order valence-electron chi connectivity index (χ4n) is 3.74. The monoisotopic (exact) mass is 485 g/mol. The van der Waals surface area contributed by atoms with Gasteiger partial charge in [-0.05, 0) is 97.5 Å². The molecule has 0 radical (unpaired) electrons. The van der Waals surface area contributed by atoms with E-state index >= 15 is 0 Å². The van der Waals surface area contributed by atoms with Crippen LogP contribution in [-0.4, -0.2) is 19.3 Å². The van der Waals surface area contributed by atoms with Crippen molar-refractivity contribution in [2.24, 2.45) is 0 Å². The number of anilines is 2. The lowest BCUT2D eigenvalue weighted by atomic mass is 10.1. The van der Waals surface area contributed by atoms with Gasteiger partial charge in [-0.2, -0.15) is 0 Å². The van der Waals surface area contributed by atoms with Crippen molar-refractivity contribution in [1.29, 1.82) is 0 Å². The number of aromatic nitrogens is 1. The summed E-state index contributed by atoms with van der Waals surface area (Å²) in [4.78, 5) is 17.0. The first kappa shape index (κ1) is 24.2. The Morgan fingerprint density at radius 2 is 1.51 bits per heavy atom. The second kappa shape index (κ2) is 10.1. The number of pyridine rings is 1. The van der Waals surface area contributed by atoms with Crippen LogP contribution in [0.1, 0.15) is 38.2 Å². The lowest BCUT2D eigenvalue weighted by Crippen LogP contribution is -2.17. The average molecular weight is 486 g/mol. The Labute approximate surface area is 206 Å². The highest BCUT2D eigenvalue weighted by Gasteiger charge is 2.20. The van der Waals surface area contributed by atoms with Crippen LogP contribution >= 0.6 is 0 Å². The van der Waals surface area contributed by atoms with Crippen molar-refractivity contribution in [3.63, 3.8) is 0 Å². The smallest absolute Gasteiger partial charge is 0.262 e. The van der Waals surface area contributed by atoms with Gasteiger partial charge in [0.05, 0.1) is 10.6 Å². The molecule has 0 bridgehead atoms. The van der Waals surface area contributed by atoms with Crippen LogP contribution in [0.4, 0.5) is 11.4 Å². The van der Waals surface area contributed by atoms with Crippen molar-refractivity contribution in [3.8, 4) is 0 Å². The van der Waals surface area contributed by atoms with Crippen LogP contribution in [0.2, 0.25) is 0 Å². The molecule has 1 aromatic heterocycles. The zero-order valence-electron chi connectivity index (χ0n) is 19.9. The van der Waals surface area contributed by atoms with Gasteiger partial charge >= 0.3 is 0 Å². The molecule has 0 spiro atoms. The second-order valence-electron chi connectivity index (χ2n) is 8.52. The fourth-order valence-corrected chi connectivity index (χ4v) is 5.13. The van der Waals surface area contributed by atoms with Gasteiger partial charge < -0.3 is 5.32 Å². The van der Waals surface area contributed by atoms with E-state index in [0.29, 0.717) is 16.9 Å². The van der Waals surface area contributed by atoms with Gasteiger partial charge in [-0.15, -0.1) is 0 Å². The molecule has 0 fully saturated rings. The largest absolute Gasteiger partial charge is 0.322 e. The zero-order chi connectivity index (χ0) is 25.0. The van der Waals surface area contributed by atoms with E-state index in [4.69, 9.17) is 0 Å². The van der Waals surface area contributed by atoms with E-state index < -0.39 is 10.0 Å². The minimum atomic E-state index is -3.88. The first-order chi connectivity index (χ1) is 16.7. The standard InChI is InChI=1S/C28H27N3O3S/c1-19-5-4-6-26(21(19)3)31-35(33,34)27-18-24(10-7-20(27)2)28(32)30-25-11-8-22(9-12-25)17-23-13-15-29-16-14-23/h4-16,18,31H,17H2,1-3H3,(H,30,32). The normalized spacial score (nSPS) is 11.2. The lowest BCUT2D eigenvalue weighted by molar-refractivity contribution is 0.102. The molecule has 4 rings (SSSR count). The number of nitrogens with one attached hydrogen (secondary N) is 2. The summed E-state index contributed by atoms with van der Waals surface area (Å²) < 4.78 is 29.0. The Kier molecular flexibility index (Phi) is 6.98. The molecule has 0 saturated carbocycles. The molecule has 0 unspecified atom stereocenters. The third-order valence-corrected chi connectivity index (χ3v) is 7.47. The maximum atomic E-state index is 13.2. The van der Waals surface area contributed by atoms with Crippen LogP contribution in [0.3, 0.4) is 0 Å². The van der Waals surface area contributed by atoms with Crippen LogP contribution in [-0.2, 0) is 16.4 Å². The van der Waals surface area contributed by atoms with Crippen LogP contribution in [0.15, 0.2) is 90.1 Å². The molecule has 6 nitrogen and oxygen atoms in total. The number of nitrogens with zero attached hydrogens (tertiary/aromatic N) is 1. The van der Waals surface area contributed by atoms with Gasteiger partial charge in [-0.1, -0.05) is 30.3 Å². The van der Waals surface area contributed by atoms with Gasteiger partial charge in [-0.3, -0.25) is 14.5 Å². The van der Waals surface area contributed by atoms with E-state index in [9.17, 15) is 13.2 Å². The number of aryl methyl sites for hydroxylation is 2. The summed E-state index contributed by atoms with van der Waals surface area (Å²) >= 11 is 0. The van der Waals surface area contributed by atoms with Crippen LogP contribution in [0.5, 0.6) is 0 Å². The Morgan fingerprint density at radius 3 is 2.23 bits per heavy atom. The average Bonchev–Trinajstić information content (AvgIpc) is 2.84. The van der Waals surface area contributed by atoms with E-state index in [1.165, 1.54) is 6.07 Å². The van der Waals surface area contributed by atoms with E-state index in [-0.39, 0.29) is 16.4 Å². The summed E-state index contributed by atoms with van der Waals surface area (Å²) in [7, 11) is -3.88. The topological polar surface area (TPSA) is 88.2 Å². The van der Waals surface area contributed by atoms with E-state index in [0.717, 1.165) is 28.7 Å². The highest BCUT2D eigenvalue weighted by Crippen LogP contribution is 2.25. The van der Waals surface area contributed by atoms with Gasteiger partial charge in [0, 0.05) is 23.6 Å². The second-order valence-corrected chi connectivity index (χ2v) is 10.2. The van der Waals surface area contributed by atoms with E-state index in [1.54, 1.807) is 43.6 Å². The highest BCUT2D eigenvalue weighted by molar-refractivity contribution is 7.92. The number of sulfonamides is 1. The van der Waals surface area contributed by atoms with Gasteiger partial charge in [0.1, 0.15) is 0 Å². The summed E-state index contributed by atoms with van der Waals surface area (Å²) in [6, 6.07) is 21.6. The van der Waals surface area contributed by atoms with Gasteiger partial charge in [0.15, 0.2) is 0 Å². The Hall–Kier alpha value is -3.97. The molecule has 1 heterocycles. The summed E-state index contributed by atoms with van der Waals surface area (Å²) in [6.45, 7) is 5.50. The Balaban J connectivity index is 1.51. The Morgan fingerprint density at radius 1 is 0.829 bits per heavy atom. The molecule has 0 saturated heterocycles. The quantitative estimate of drug-likeness (QED) is 0.354. The van der Waals surface area contributed by atoms with Gasteiger partial charge in [-0.25, -0.2) is 8.42 Å².